The monoisotopic (exact) mass is 746 g/mol. The van der Waals surface area contributed by atoms with Crippen LogP contribution in [0.2, 0.25) is 0 Å². The average Bonchev–Trinajstić information content (AvgIpc) is 0. The second-order valence-corrected chi connectivity index (χ2v) is 0. The molecule has 5 nitrogen and oxygen atoms in total. The van der Waals surface area contributed by atoms with Crippen molar-refractivity contribution in [3.63, 3.8) is 0 Å². The van der Waals surface area contributed by atoms with Crippen LogP contribution in [-0.4, -0.2) is 0 Å². The Labute approximate surface area is 146 Å². The maximum Gasteiger partial charge on any atom is 5.00 e. The van der Waals surface area contributed by atoms with E-state index in [1.165, 1.54) is 0 Å². The minimum atomic E-state index is 0. The van der Waals surface area contributed by atoms with Crippen molar-refractivity contribution >= 4 is 0 Å². The van der Waals surface area contributed by atoms with Gasteiger partial charge in [0.05, 0.1) is 0 Å². The minimum Gasteiger partial charge on any atom is -2.00 e. The van der Waals surface area contributed by atoms with Gasteiger partial charge in [-0.25, -0.2) is 0 Å². The Balaban J connectivity index is 0. The van der Waals surface area contributed by atoms with E-state index >= 15 is 0 Å². The SMILES string of the molecule is [Mo].[Mo].[O-2].[O-2].[O-2].[O-2].[O-2].[V+5].[V+5].[W].[W]. The molecule has 0 atom stereocenters. The molecule has 0 aromatic heterocycles. The maximum atomic E-state index is 0. The van der Waals surface area contributed by atoms with E-state index in [0.29, 0.717) is 0 Å². The topological polar surface area (TPSA) is 142 Å². The first kappa shape index (κ1) is 200. The fraction of sp³-hybridized carbons (Fsp3) is 0. The van der Waals surface area contributed by atoms with E-state index in [4.69, 9.17) is 0 Å². The zero-order chi connectivity index (χ0) is 0. The molecule has 0 heterocycles. The van der Waals surface area contributed by atoms with Gasteiger partial charge in [-0.2, -0.15) is 0 Å². The van der Waals surface area contributed by atoms with Gasteiger partial charge in [0.15, 0.2) is 0 Å². The van der Waals surface area contributed by atoms with Crippen LogP contribution in [0.5, 0.6) is 0 Å². The van der Waals surface area contributed by atoms with E-state index < -0.39 is 0 Å². The van der Waals surface area contributed by atoms with Gasteiger partial charge in [-0.3, -0.25) is 0 Å². The second kappa shape index (κ2) is 160. The van der Waals surface area contributed by atoms with Crippen molar-refractivity contribution in [3.05, 3.63) is 0 Å². The van der Waals surface area contributed by atoms with Crippen molar-refractivity contribution in [3.8, 4) is 0 Å². The van der Waals surface area contributed by atoms with Crippen LogP contribution in [-0.2, 0) is 149 Å². The standard InChI is InChI=1S/2Mo.5O.2V.2W/q;;5*-2;2*+5;;. The van der Waals surface area contributed by atoms with Gasteiger partial charge in [0.2, 0.25) is 0 Å². The third-order valence-electron chi connectivity index (χ3n) is 0. The molecule has 0 aliphatic carbocycles. The summed E-state index contributed by atoms with van der Waals surface area (Å²) < 4.78 is 0. The van der Waals surface area contributed by atoms with Crippen LogP contribution in [0.25, 0.3) is 0 Å². The van der Waals surface area contributed by atoms with E-state index in [2.05, 4.69) is 0 Å². The summed E-state index contributed by atoms with van der Waals surface area (Å²) in [4.78, 5) is 0. The Bertz CT molecular complexity index is 20.4. The van der Waals surface area contributed by atoms with Crippen molar-refractivity contribution in [2.24, 2.45) is 0 Å². The molecule has 0 N–H and O–H groups in total. The predicted molar refractivity (Wildman–Crippen MR) is 3.43 cm³/mol. The predicted octanol–water partition coefficient (Wildman–Crippen LogP) is -0.609. The van der Waals surface area contributed by atoms with Crippen LogP contribution in [0.4, 0.5) is 0 Å². The maximum absolute atomic E-state index is 0. The van der Waals surface area contributed by atoms with Gasteiger partial charge in [-0.1, -0.05) is 0 Å². The van der Waals surface area contributed by atoms with Gasteiger partial charge in [-0.15, -0.1) is 0 Å². The first-order chi connectivity index (χ1) is 0. The van der Waals surface area contributed by atoms with Gasteiger partial charge in [0, 0.05) is 84.3 Å². The summed E-state index contributed by atoms with van der Waals surface area (Å²) >= 11 is 0. The van der Waals surface area contributed by atoms with E-state index in [9.17, 15) is 0 Å². The van der Waals surface area contributed by atoms with E-state index in [0.717, 1.165) is 0 Å². The van der Waals surface area contributed by atoms with Crippen LogP contribution < -0.4 is 0 Å². The molecular weight excluding hydrogens is 741 g/mol. The molecule has 0 bridgehead atoms. The summed E-state index contributed by atoms with van der Waals surface area (Å²) in [7, 11) is 0. The van der Waals surface area contributed by atoms with Gasteiger partial charge >= 0.3 is 37.1 Å². The quantitative estimate of drug-likeness (QED) is 0.293. The van der Waals surface area contributed by atoms with Gasteiger partial charge in [0.1, 0.15) is 0 Å². The summed E-state index contributed by atoms with van der Waals surface area (Å²) in [5.74, 6) is 0. The largest absolute Gasteiger partial charge is 5.00 e. The molecule has 0 aromatic carbocycles. The van der Waals surface area contributed by atoms with Crippen LogP contribution in [0.3, 0.4) is 0 Å². The third-order valence-corrected chi connectivity index (χ3v) is 0. The van der Waals surface area contributed by atoms with E-state index in [1.807, 2.05) is 0 Å². The molecular formula is Mo2O5V2W2. The summed E-state index contributed by atoms with van der Waals surface area (Å²) in [6.07, 6.45) is 0. The van der Waals surface area contributed by atoms with E-state index in [-0.39, 0.29) is 149 Å². The fourth-order valence-electron chi connectivity index (χ4n) is 0. The Morgan fingerprint density at radius 2 is 0.364 bits per heavy atom. The minimum absolute atomic E-state index is 0. The van der Waals surface area contributed by atoms with Crippen molar-refractivity contribution in [1.82, 2.24) is 0 Å². The molecule has 0 amide bonds. The normalized spacial score (nSPS) is 0. The molecule has 0 fully saturated rings. The molecule has 0 saturated heterocycles. The van der Waals surface area contributed by atoms with Crippen LogP contribution >= 0.6 is 0 Å². The fourth-order valence-corrected chi connectivity index (χ4v) is 0. The summed E-state index contributed by atoms with van der Waals surface area (Å²) in [6.45, 7) is 0. The summed E-state index contributed by atoms with van der Waals surface area (Å²) in [6, 6.07) is 0. The van der Waals surface area contributed by atoms with Crippen LogP contribution in [0.1, 0.15) is 0 Å². The van der Waals surface area contributed by atoms with Crippen LogP contribution in [0.15, 0.2) is 0 Å². The van der Waals surface area contributed by atoms with Crippen molar-refractivity contribution in [2.75, 3.05) is 0 Å². The zero-order valence-corrected chi connectivity index (χ0v) is 17.2. The van der Waals surface area contributed by atoms with Gasteiger partial charge in [-0.05, 0) is 0 Å². The molecule has 0 aliphatic heterocycles. The Hall–Kier alpha value is 3.72. The molecule has 0 saturated carbocycles. The first-order valence-electron chi connectivity index (χ1n) is 0. The third kappa shape index (κ3) is 136. The molecule has 11 heavy (non-hydrogen) atoms. The molecule has 0 aromatic rings. The van der Waals surface area contributed by atoms with Crippen molar-refractivity contribution in [1.29, 1.82) is 0 Å². The van der Waals surface area contributed by atoms with Crippen molar-refractivity contribution < 1.29 is 149 Å². The average molecular weight is 741 g/mol. The number of hydrogen-bond acceptors (Lipinski definition) is 0. The van der Waals surface area contributed by atoms with E-state index in [1.54, 1.807) is 0 Å². The molecule has 0 unspecified atom stereocenters. The number of hydrogen-bond donors (Lipinski definition) is 0. The van der Waals surface area contributed by atoms with Gasteiger partial charge in [0.25, 0.3) is 0 Å². The number of rotatable bonds is 0. The smallest absolute Gasteiger partial charge is 2.00 e. The zero-order valence-electron chi connectivity index (χ0n) is 4.57. The molecule has 0 aliphatic rings. The Kier molecular flexibility index (Phi) is 2920. The summed E-state index contributed by atoms with van der Waals surface area (Å²) in [5, 5.41) is 0. The van der Waals surface area contributed by atoms with Crippen molar-refractivity contribution in [2.45, 2.75) is 0 Å². The Morgan fingerprint density at radius 1 is 0.364 bits per heavy atom. The first-order valence-corrected chi connectivity index (χ1v) is 0. The molecule has 0 rings (SSSR count). The molecule has 0 spiro atoms. The van der Waals surface area contributed by atoms with Crippen LogP contribution in [0, 0.1) is 0 Å². The van der Waals surface area contributed by atoms with Gasteiger partial charge < -0.3 is 27.4 Å². The molecule has 64 valence electrons. The molecule has 11 heteroatoms. The Morgan fingerprint density at radius 3 is 0.364 bits per heavy atom. The summed E-state index contributed by atoms with van der Waals surface area (Å²) in [5.41, 5.74) is 0. The molecule has 0 radical (unpaired) electrons. The second-order valence-electron chi connectivity index (χ2n) is 0.